The van der Waals surface area contributed by atoms with Crippen LogP contribution in [0, 0.1) is 0 Å². The molecule has 0 saturated heterocycles. The third kappa shape index (κ3) is 4.97. The van der Waals surface area contributed by atoms with Gasteiger partial charge in [0.05, 0.1) is 6.10 Å². The molecule has 0 aromatic heterocycles. The van der Waals surface area contributed by atoms with Gasteiger partial charge < -0.3 is 15.5 Å². The lowest BCUT2D eigenvalue weighted by molar-refractivity contribution is -0.137. The lowest BCUT2D eigenvalue weighted by Crippen LogP contribution is -2.20. The second-order valence-corrected chi connectivity index (χ2v) is 4.10. The van der Waals surface area contributed by atoms with Crippen LogP contribution in [-0.4, -0.2) is 34.6 Å². The van der Waals surface area contributed by atoms with Crippen LogP contribution in [-0.2, 0) is 4.79 Å². The van der Waals surface area contributed by atoms with Crippen LogP contribution in [0.4, 0.5) is 5.69 Å². The van der Waals surface area contributed by atoms with Crippen LogP contribution in [0.3, 0.4) is 0 Å². The van der Waals surface area contributed by atoms with Crippen LogP contribution in [0.25, 0.3) is 0 Å². The summed E-state index contributed by atoms with van der Waals surface area (Å²) >= 11 is 0. The number of anilines is 1. The van der Waals surface area contributed by atoms with Crippen molar-refractivity contribution >= 4 is 17.4 Å². The zero-order chi connectivity index (χ0) is 13.5. The number of benzene rings is 1. The van der Waals surface area contributed by atoms with Crippen LogP contribution >= 0.6 is 0 Å². The van der Waals surface area contributed by atoms with Crippen molar-refractivity contribution in [3.63, 3.8) is 0 Å². The van der Waals surface area contributed by atoms with Gasteiger partial charge in [-0.3, -0.25) is 9.59 Å². The van der Waals surface area contributed by atoms with Crippen molar-refractivity contribution in [3.8, 4) is 0 Å². The smallest absolute Gasteiger partial charge is 0.303 e. The molecule has 0 saturated carbocycles. The molecule has 5 nitrogen and oxygen atoms in total. The number of aliphatic carboxylic acids is 1. The Balaban J connectivity index is 2.39. The van der Waals surface area contributed by atoms with Crippen LogP contribution in [0.1, 0.15) is 30.1 Å². The molecule has 0 aliphatic heterocycles. The van der Waals surface area contributed by atoms with E-state index < -0.39 is 12.1 Å². The van der Waals surface area contributed by atoms with Gasteiger partial charge in [-0.1, -0.05) is 0 Å². The van der Waals surface area contributed by atoms with Crippen LogP contribution in [0.2, 0.25) is 0 Å². The highest BCUT2D eigenvalue weighted by atomic mass is 16.4. The number of nitrogens with one attached hydrogen (secondary N) is 1. The summed E-state index contributed by atoms with van der Waals surface area (Å²) in [7, 11) is 0. The van der Waals surface area contributed by atoms with Crippen molar-refractivity contribution in [3.05, 3.63) is 29.8 Å². The summed E-state index contributed by atoms with van der Waals surface area (Å²) in [6.45, 7) is 1.78. The zero-order valence-corrected chi connectivity index (χ0v) is 10.2. The molecule has 1 unspecified atom stereocenters. The Hall–Kier alpha value is -1.88. The molecule has 98 valence electrons. The van der Waals surface area contributed by atoms with E-state index in [4.69, 9.17) is 5.11 Å². The fourth-order valence-electron chi connectivity index (χ4n) is 1.45. The standard InChI is InChI=1S/C13H17NO4/c1-9(15)10-2-4-11(5-3-10)14-8-12(16)6-7-13(17)18/h2-5,12,14,16H,6-8H2,1H3,(H,17,18). The SMILES string of the molecule is CC(=O)c1ccc(NCC(O)CCC(=O)O)cc1. The van der Waals surface area contributed by atoms with Crippen LogP contribution in [0.15, 0.2) is 24.3 Å². The maximum absolute atomic E-state index is 11.1. The van der Waals surface area contributed by atoms with Gasteiger partial charge in [-0.15, -0.1) is 0 Å². The van der Waals surface area contributed by atoms with E-state index in [9.17, 15) is 14.7 Å². The van der Waals surface area contributed by atoms with E-state index in [-0.39, 0.29) is 25.2 Å². The average Bonchev–Trinajstić information content (AvgIpc) is 2.34. The molecule has 0 radical (unpaired) electrons. The number of hydrogen-bond acceptors (Lipinski definition) is 4. The number of ketones is 1. The van der Waals surface area contributed by atoms with Gasteiger partial charge in [0.1, 0.15) is 0 Å². The predicted molar refractivity (Wildman–Crippen MR) is 67.8 cm³/mol. The van der Waals surface area contributed by atoms with Crippen molar-refractivity contribution in [1.29, 1.82) is 0 Å². The third-order valence-corrected chi connectivity index (χ3v) is 2.52. The molecule has 0 heterocycles. The van der Waals surface area contributed by atoms with Gasteiger partial charge in [0.15, 0.2) is 5.78 Å². The second kappa shape index (κ2) is 6.76. The molecule has 1 rings (SSSR count). The van der Waals surface area contributed by atoms with Gasteiger partial charge in [0.25, 0.3) is 0 Å². The molecule has 0 bridgehead atoms. The van der Waals surface area contributed by atoms with E-state index >= 15 is 0 Å². The molecule has 0 fully saturated rings. The molecular weight excluding hydrogens is 234 g/mol. The average molecular weight is 251 g/mol. The number of aliphatic hydroxyl groups is 1. The summed E-state index contributed by atoms with van der Waals surface area (Å²) in [6.07, 6.45) is -0.534. The van der Waals surface area contributed by atoms with Gasteiger partial charge in [0.2, 0.25) is 0 Å². The lowest BCUT2D eigenvalue weighted by atomic mass is 10.1. The molecule has 1 aromatic carbocycles. The molecule has 1 aromatic rings. The van der Waals surface area contributed by atoms with Crippen molar-refractivity contribution < 1.29 is 19.8 Å². The van der Waals surface area contributed by atoms with Crippen LogP contribution < -0.4 is 5.32 Å². The Bertz CT molecular complexity index is 414. The number of rotatable bonds is 7. The Kier molecular flexibility index (Phi) is 5.32. The normalized spacial score (nSPS) is 11.9. The lowest BCUT2D eigenvalue weighted by Gasteiger charge is -2.11. The van der Waals surface area contributed by atoms with Crippen LogP contribution in [0.5, 0.6) is 0 Å². The molecule has 1 atom stereocenters. The largest absolute Gasteiger partial charge is 0.481 e. The van der Waals surface area contributed by atoms with Gasteiger partial charge in [-0.05, 0) is 37.6 Å². The Labute approximate surface area is 105 Å². The first-order valence-electron chi connectivity index (χ1n) is 5.74. The molecule has 5 heteroatoms. The van der Waals surface area contributed by atoms with E-state index in [1.165, 1.54) is 6.92 Å². The fraction of sp³-hybridized carbons (Fsp3) is 0.385. The number of carboxylic acid groups (broad SMARTS) is 1. The quantitative estimate of drug-likeness (QED) is 0.640. The number of aliphatic hydroxyl groups excluding tert-OH is 1. The molecule has 0 aliphatic rings. The van der Waals surface area contributed by atoms with Gasteiger partial charge in [-0.2, -0.15) is 0 Å². The Morgan fingerprint density at radius 1 is 1.28 bits per heavy atom. The topological polar surface area (TPSA) is 86.6 Å². The van der Waals surface area contributed by atoms with Crippen molar-refractivity contribution in [2.45, 2.75) is 25.9 Å². The van der Waals surface area contributed by atoms with E-state index in [0.717, 1.165) is 5.69 Å². The summed E-state index contributed by atoms with van der Waals surface area (Å²) in [5.74, 6) is -0.914. The minimum Gasteiger partial charge on any atom is -0.481 e. The molecule has 0 aliphatic carbocycles. The minimum atomic E-state index is -0.917. The second-order valence-electron chi connectivity index (χ2n) is 4.10. The number of carbonyl (C=O) groups is 2. The van der Waals surface area contributed by atoms with E-state index in [1.807, 2.05) is 0 Å². The minimum absolute atomic E-state index is 0.00282. The highest BCUT2D eigenvalue weighted by Gasteiger charge is 2.07. The number of carbonyl (C=O) groups excluding carboxylic acids is 1. The molecule has 0 amide bonds. The summed E-state index contributed by atoms with van der Waals surface area (Å²) in [4.78, 5) is 21.4. The van der Waals surface area contributed by atoms with E-state index in [2.05, 4.69) is 5.32 Å². The Morgan fingerprint density at radius 2 is 1.89 bits per heavy atom. The summed E-state index contributed by atoms with van der Waals surface area (Å²) in [5, 5.41) is 21.0. The monoisotopic (exact) mass is 251 g/mol. The number of carboxylic acids is 1. The molecular formula is C13H17NO4. The molecule has 3 N–H and O–H groups in total. The maximum atomic E-state index is 11.1. The van der Waals surface area contributed by atoms with Crippen molar-refractivity contribution in [2.75, 3.05) is 11.9 Å². The first-order valence-corrected chi connectivity index (χ1v) is 5.74. The maximum Gasteiger partial charge on any atom is 0.303 e. The Morgan fingerprint density at radius 3 is 2.39 bits per heavy atom. The molecule has 0 spiro atoms. The third-order valence-electron chi connectivity index (χ3n) is 2.52. The van der Waals surface area contributed by atoms with Gasteiger partial charge in [-0.25, -0.2) is 0 Å². The highest BCUT2D eigenvalue weighted by molar-refractivity contribution is 5.94. The number of Topliss-reactive ketones (excluding diaryl/α,β-unsaturated/α-hetero) is 1. The number of hydrogen-bond donors (Lipinski definition) is 3. The summed E-state index contributed by atoms with van der Waals surface area (Å²) in [5.41, 5.74) is 1.42. The summed E-state index contributed by atoms with van der Waals surface area (Å²) < 4.78 is 0. The molecule has 18 heavy (non-hydrogen) atoms. The van der Waals surface area contributed by atoms with E-state index in [0.29, 0.717) is 5.56 Å². The zero-order valence-electron chi connectivity index (χ0n) is 10.2. The first-order chi connectivity index (χ1) is 8.49. The van der Waals surface area contributed by atoms with Gasteiger partial charge >= 0.3 is 5.97 Å². The van der Waals surface area contributed by atoms with E-state index in [1.54, 1.807) is 24.3 Å². The highest BCUT2D eigenvalue weighted by Crippen LogP contribution is 2.10. The fourth-order valence-corrected chi connectivity index (χ4v) is 1.45. The van der Waals surface area contributed by atoms with Crippen molar-refractivity contribution in [2.24, 2.45) is 0 Å². The summed E-state index contributed by atoms with van der Waals surface area (Å²) in [6, 6.07) is 6.91. The van der Waals surface area contributed by atoms with Gasteiger partial charge in [0, 0.05) is 24.2 Å². The van der Waals surface area contributed by atoms with Crippen molar-refractivity contribution in [1.82, 2.24) is 0 Å². The first kappa shape index (κ1) is 14.2. The predicted octanol–water partition coefficient (Wildman–Crippen LogP) is 1.53.